The second-order valence-corrected chi connectivity index (χ2v) is 5.46. The summed E-state index contributed by atoms with van der Waals surface area (Å²) in [5, 5.41) is 13.3. The maximum Gasteiger partial charge on any atom is 0.131 e. The molecule has 106 valence electrons. The minimum Gasteiger partial charge on any atom is -0.387 e. The Morgan fingerprint density at radius 1 is 1.32 bits per heavy atom. The number of benzene rings is 1. The van der Waals surface area contributed by atoms with Crippen LogP contribution in [0.3, 0.4) is 0 Å². The molecule has 1 saturated carbocycles. The molecule has 0 amide bonds. The summed E-state index contributed by atoms with van der Waals surface area (Å²) in [6, 6.07) is 3.67. The van der Waals surface area contributed by atoms with Crippen LogP contribution in [0.15, 0.2) is 18.2 Å². The normalized spacial score (nSPS) is 25.3. The van der Waals surface area contributed by atoms with Crippen LogP contribution in [-0.2, 0) is 0 Å². The number of nitrogens with one attached hydrogen (secondary N) is 1. The molecule has 2 N–H and O–H groups in total. The molecule has 0 aromatic heterocycles. The predicted molar refractivity (Wildman–Crippen MR) is 70.7 cm³/mol. The molecular formula is C15H21F2NO. The molecule has 0 saturated heterocycles. The van der Waals surface area contributed by atoms with E-state index in [1.165, 1.54) is 31.4 Å². The van der Waals surface area contributed by atoms with Crippen LogP contribution in [0.5, 0.6) is 0 Å². The number of rotatable bonds is 4. The van der Waals surface area contributed by atoms with Crippen LogP contribution >= 0.6 is 0 Å². The molecule has 0 aliphatic heterocycles. The maximum atomic E-state index is 13.5. The van der Waals surface area contributed by atoms with Gasteiger partial charge in [0.2, 0.25) is 0 Å². The molecule has 4 heteroatoms. The van der Waals surface area contributed by atoms with E-state index in [4.69, 9.17) is 0 Å². The van der Waals surface area contributed by atoms with Crippen LogP contribution in [0.4, 0.5) is 8.78 Å². The van der Waals surface area contributed by atoms with Crippen molar-refractivity contribution < 1.29 is 13.9 Å². The van der Waals surface area contributed by atoms with E-state index >= 15 is 0 Å². The van der Waals surface area contributed by atoms with Crippen molar-refractivity contribution in [2.75, 3.05) is 6.54 Å². The largest absolute Gasteiger partial charge is 0.387 e. The summed E-state index contributed by atoms with van der Waals surface area (Å²) in [6.07, 6.45) is 3.81. The summed E-state index contributed by atoms with van der Waals surface area (Å²) < 4.78 is 26.3. The van der Waals surface area contributed by atoms with Gasteiger partial charge in [-0.2, -0.15) is 0 Å². The maximum absolute atomic E-state index is 13.5. The highest BCUT2D eigenvalue weighted by molar-refractivity contribution is 5.21. The molecule has 1 aromatic carbocycles. The number of hydrogen-bond donors (Lipinski definition) is 2. The molecule has 19 heavy (non-hydrogen) atoms. The molecule has 1 fully saturated rings. The van der Waals surface area contributed by atoms with E-state index in [1.807, 2.05) is 0 Å². The lowest BCUT2D eigenvalue weighted by Crippen LogP contribution is -2.39. The molecule has 2 rings (SSSR count). The topological polar surface area (TPSA) is 32.3 Å². The van der Waals surface area contributed by atoms with E-state index < -0.39 is 17.7 Å². The van der Waals surface area contributed by atoms with E-state index in [0.29, 0.717) is 18.5 Å². The van der Waals surface area contributed by atoms with Crippen LogP contribution < -0.4 is 5.32 Å². The first-order valence-corrected chi connectivity index (χ1v) is 6.94. The third-order valence-electron chi connectivity index (χ3n) is 4.01. The molecule has 2 nitrogen and oxygen atoms in total. The smallest absolute Gasteiger partial charge is 0.131 e. The highest BCUT2D eigenvalue weighted by Gasteiger charge is 2.22. The van der Waals surface area contributed by atoms with Crippen molar-refractivity contribution in [2.45, 2.75) is 44.8 Å². The first-order chi connectivity index (χ1) is 9.08. The SMILES string of the molecule is CC1CCCCC1NCC(O)c1ccc(F)cc1F. The van der Waals surface area contributed by atoms with Gasteiger partial charge in [-0.25, -0.2) is 8.78 Å². The highest BCUT2D eigenvalue weighted by Crippen LogP contribution is 2.24. The Balaban J connectivity index is 1.91. The van der Waals surface area contributed by atoms with Crippen molar-refractivity contribution in [1.82, 2.24) is 5.32 Å². The van der Waals surface area contributed by atoms with Gasteiger partial charge in [0.05, 0.1) is 6.10 Å². The van der Waals surface area contributed by atoms with Crippen LogP contribution in [0.1, 0.15) is 44.3 Å². The second kappa shape index (κ2) is 6.44. The molecule has 3 atom stereocenters. The van der Waals surface area contributed by atoms with Crippen molar-refractivity contribution in [3.8, 4) is 0 Å². The molecule has 0 radical (unpaired) electrons. The number of halogens is 2. The third-order valence-corrected chi connectivity index (χ3v) is 4.01. The molecule has 1 aliphatic carbocycles. The van der Waals surface area contributed by atoms with Gasteiger partial charge in [0.15, 0.2) is 0 Å². The van der Waals surface area contributed by atoms with Crippen molar-refractivity contribution in [3.63, 3.8) is 0 Å². The lowest BCUT2D eigenvalue weighted by Gasteiger charge is -2.30. The van der Waals surface area contributed by atoms with E-state index in [1.54, 1.807) is 0 Å². The zero-order chi connectivity index (χ0) is 13.8. The molecule has 0 heterocycles. The number of aliphatic hydroxyl groups excluding tert-OH is 1. The average molecular weight is 269 g/mol. The molecular weight excluding hydrogens is 248 g/mol. The van der Waals surface area contributed by atoms with Gasteiger partial charge < -0.3 is 10.4 Å². The van der Waals surface area contributed by atoms with Gasteiger partial charge in [0, 0.05) is 24.2 Å². The molecule has 1 aromatic rings. The van der Waals surface area contributed by atoms with Crippen LogP contribution in [0.25, 0.3) is 0 Å². The monoisotopic (exact) mass is 269 g/mol. The Hall–Kier alpha value is -1.00. The van der Waals surface area contributed by atoms with E-state index in [9.17, 15) is 13.9 Å². The summed E-state index contributed by atoms with van der Waals surface area (Å²) in [4.78, 5) is 0. The first kappa shape index (κ1) is 14.4. The standard InChI is InChI=1S/C15H21F2NO/c1-10-4-2-3-5-14(10)18-9-15(19)12-7-6-11(16)8-13(12)17/h6-8,10,14-15,18-19H,2-5,9H2,1H3. The molecule has 0 bridgehead atoms. The fraction of sp³-hybridized carbons (Fsp3) is 0.600. The van der Waals surface area contributed by atoms with E-state index in [0.717, 1.165) is 12.5 Å². The first-order valence-electron chi connectivity index (χ1n) is 6.94. The highest BCUT2D eigenvalue weighted by atomic mass is 19.1. The minimum absolute atomic E-state index is 0.150. The summed E-state index contributed by atoms with van der Waals surface area (Å²) >= 11 is 0. The zero-order valence-electron chi connectivity index (χ0n) is 11.2. The Labute approximate surface area is 112 Å². The third kappa shape index (κ3) is 3.74. The number of aliphatic hydroxyl groups is 1. The lowest BCUT2D eigenvalue weighted by atomic mass is 9.86. The Bertz CT molecular complexity index is 425. The summed E-state index contributed by atoms with van der Waals surface area (Å²) in [7, 11) is 0. The second-order valence-electron chi connectivity index (χ2n) is 5.46. The van der Waals surface area contributed by atoms with Crippen LogP contribution in [-0.4, -0.2) is 17.7 Å². The molecule has 1 aliphatic rings. The Morgan fingerprint density at radius 3 is 2.74 bits per heavy atom. The average Bonchev–Trinajstić information content (AvgIpc) is 2.37. The van der Waals surface area contributed by atoms with Gasteiger partial charge in [0.1, 0.15) is 11.6 Å². The van der Waals surface area contributed by atoms with E-state index in [2.05, 4.69) is 12.2 Å². The van der Waals surface area contributed by atoms with Crippen LogP contribution in [0, 0.1) is 17.6 Å². The predicted octanol–water partition coefficient (Wildman–Crippen LogP) is 3.17. The number of hydrogen-bond acceptors (Lipinski definition) is 2. The van der Waals surface area contributed by atoms with Gasteiger partial charge >= 0.3 is 0 Å². The Morgan fingerprint density at radius 2 is 2.05 bits per heavy atom. The van der Waals surface area contributed by atoms with Gasteiger partial charge in [-0.05, 0) is 24.8 Å². The quantitative estimate of drug-likeness (QED) is 0.880. The Kier molecular flexibility index (Phi) is 4.88. The minimum atomic E-state index is -0.935. The van der Waals surface area contributed by atoms with Gasteiger partial charge in [0.25, 0.3) is 0 Å². The van der Waals surface area contributed by atoms with Gasteiger partial charge in [-0.3, -0.25) is 0 Å². The van der Waals surface area contributed by atoms with Gasteiger partial charge in [-0.15, -0.1) is 0 Å². The van der Waals surface area contributed by atoms with Crippen molar-refractivity contribution in [2.24, 2.45) is 5.92 Å². The summed E-state index contributed by atoms with van der Waals surface area (Å²) in [5.41, 5.74) is 0.150. The van der Waals surface area contributed by atoms with Crippen molar-refractivity contribution >= 4 is 0 Å². The molecule has 3 unspecified atom stereocenters. The fourth-order valence-electron chi connectivity index (χ4n) is 2.76. The van der Waals surface area contributed by atoms with E-state index in [-0.39, 0.29) is 5.56 Å². The summed E-state index contributed by atoms with van der Waals surface area (Å²) in [6.45, 7) is 2.50. The fourth-order valence-corrected chi connectivity index (χ4v) is 2.76. The molecule has 0 spiro atoms. The zero-order valence-corrected chi connectivity index (χ0v) is 11.2. The van der Waals surface area contributed by atoms with Gasteiger partial charge in [-0.1, -0.05) is 25.8 Å². The van der Waals surface area contributed by atoms with Crippen molar-refractivity contribution in [3.05, 3.63) is 35.4 Å². The van der Waals surface area contributed by atoms with Crippen molar-refractivity contribution in [1.29, 1.82) is 0 Å². The lowest BCUT2D eigenvalue weighted by molar-refractivity contribution is 0.153. The summed E-state index contributed by atoms with van der Waals surface area (Å²) in [5.74, 6) is -0.729. The van der Waals surface area contributed by atoms with Crippen LogP contribution in [0.2, 0.25) is 0 Å².